The molecule has 0 aliphatic carbocycles. The Morgan fingerprint density at radius 3 is 2.75 bits per heavy atom. The molecule has 0 N–H and O–H groups in total. The number of nitriles is 1. The van der Waals surface area contributed by atoms with E-state index in [1.165, 1.54) is 0 Å². The summed E-state index contributed by atoms with van der Waals surface area (Å²) >= 11 is 3.31. The zero-order chi connectivity index (χ0) is 6.41. The first-order valence-electron chi connectivity index (χ1n) is 2.74. The fraction of sp³-hybridized carbons (Fsp3) is 0.833. The van der Waals surface area contributed by atoms with E-state index in [1.807, 2.05) is 0 Å². The zero-order valence-corrected chi connectivity index (χ0v) is 6.61. The second-order valence-electron chi connectivity index (χ2n) is 1.95. The Morgan fingerprint density at radius 1 is 1.75 bits per heavy atom. The van der Waals surface area contributed by atoms with Gasteiger partial charge in [0.2, 0.25) is 0 Å². The Bertz CT molecular complexity index is 85.0. The SMILES string of the molecule is CC(CC#N)CCBr. The number of nitrogens with zero attached hydrogens (tertiary/aromatic N) is 1. The predicted molar refractivity (Wildman–Crippen MR) is 37.8 cm³/mol. The lowest BCUT2D eigenvalue weighted by atomic mass is 10.1. The molecule has 0 amide bonds. The average molecular weight is 176 g/mol. The van der Waals surface area contributed by atoms with Gasteiger partial charge in [0.25, 0.3) is 0 Å². The third kappa shape index (κ3) is 4.14. The third-order valence-electron chi connectivity index (χ3n) is 1.04. The fourth-order valence-electron chi connectivity index (χ4n) is 0.444. The topological polar surface area (TPSA) is 23.8 Å². The molecule has 1 nitrogen and oxygen atoms in total. The maximum atomic E-state index is 8.20. The van der Waals surface area contributed by atoms with Crippen LogP contribution in [0.15, 0.2) is 0 Å². The van der Waals surface area contributed by atoms with Crippen molar-refractivity contribution in [2.75, 3.05) is 5.33 Å². The highest BCUT2D eigenvalue weighted by molar-refractivity contribution is 9.09. The summed E-state index contributed by atoms with van der Waals surface area (Å²) < 4.78 is 0. The summed E-state index contributed by atoms with van der Waals surface area (Å²) in [5.41, 5.74) is 0. The number of rotatable bonds is 3. The number of hydrogen-bond acceptors (Lipinski definition) is 1. The summed E-state index contributed by atoms with van der Waals surface area (Å²) in [7, 11) is 0. The first-order valence-corrected chi connectivity index (χ1v) is 3.86. The van der Waals surface area contributed by atoms with Gasteiger partial charge in [-0.3, -0.25) is 0 Å². The summed E-state index contributed by atoms with van der Waals surface area (Å²) in [6.07, 6.45) is 1.79. The minimum atomic E-state index is 0.555. The molecule has 0 aromatic rings. The van der Waals surface area contributed by atoms with Crippen molar-refractivity contribution in [2.24, 2.45) is 5.92 Å². The lowest BCUT2D eigenvalue weighted by Crippen LogP contribution is -1.91. The maximum absolute atomic E-state index is 8.20. The Morgan fingerprint density at radius 2 is 2.38 bits per heavy atom. The molecular formula is C6H10BrN. The molecule has 0 aromatic carbocycles. The Balaban J connectivity index is 3.08. The van der Waals surface area contributed by atoms with E-state index in [0.717, 1.165) is 11.8 Å². The molecule has 0 aromatic heterocycles. The minimum absolute atomic E-state index is 0.555. The van der Waals surface area contributed by atoms with Crippen LogP contribution in [0.2, 0.25) is 0 Å². The molecule has 0 bridgehead atoms. The fourth-order valence-corrected chi connectivity index (χ4v) is 1.23. The summed E-state index contributed by atoms with van der Waals surface area (Å²) in [6.45, 7) is 2.09. The third-order valence-corrected chi connectivity index (χ3v) is 1.50. The standard InChI is InChI=1S/C6H10BrN/c1-6(2-4-7)3-5-8/h6H,2-4H2,1H3. The molecule has 0 saturated carbocycles. The molecule has 0 saturated heterocycles. The Kier molecular flexibility index (Phi) is 5.09. The van der Waals surface area contributed by atoms with Gasteiger partial charge in [0.1, 0.15) is 0 Å². The second-order valence-corrected chi connectivity index (χ2v) is 2.74. The van der Waals surface area contributed by atoms with Crippen molar-refractivity contribution < 1.29 is 0 Å². The molecule has 0 fully saturated rings. The highest BCUT2D eigenvalue weighted by atomic mass is 79.9. The molecule has 0 aliphatic rings. The number of hydrogen-bond donors (Lipinski definition) is 0. The van der Waals surface area contributed by atoms with Crippen LogP contribution in [0.5, 0.6) is 0 Å². The first-order chi connectivity index (χ1) is 3.81. The lowest BCUT2D eigenvalue weighted by Gasteiger charge is -2.00. The van der Waals surface area contributed by atoms with Crippen LogP contribution < -0.4 is 0 Å². The monoisotopic (exact) mass is 175 g/mol. The van der Waals surface area contributed by atoms with Crippen LogP contribution in [0.25, 0.3) is 0 Å². The van der Waals surface area contributed by atoms with Crippen LogP contribution in [0.1, 0.15) is 19.8 Å². The highest BCUT2D eigenvalue weighted by Crippen LogP contribution is 2.06. The average Bonchev–Trinajstić information content (AvgIpc) is 1.68. The molecule has 0 radical (unpaired) electrons. The van der Waals surface area contributed by atoms with Crippen LogP contribution in [0, 0.1) is 17.2 Å². The molecule has 0 aliphatic heterocycles. The van der Waals surface area contributed by atoms with E-state index in [2.05, 4.69) is 28.9 Å². The summed E-state index contributed by atoms with van der Waals surface area (Å²) in [6, 6.07) is 2.13. The Labute approximate surface area is 58.8 Å². The zero-order valence-electron chi connectivity index (χ0n) is 5.02. The van der Waals surface area contributed by atoms with Crippen molar-refractivity contribution in [1.82, 2.24) is 0 Å². The van der Waals surface area contributed by atoms with Gasteiger partial charge in [-0.15, -0.1) is 0 Å². The van der Waals surface area contributed by atoms with Crippen LogP contribution in [-0.4, -0.2) is 5.33 Å². The molecule has 0 heterocycles. The van der Waals surface area contributed by atoms with Crippen LogP contribution in [0.3, 0.4) is 0 Å². The van der Waals surface area contributed by atoms with Gasteiger partial charge >= 0.3 is 0 Å². The second kappa shape index (κ2) is 5.11. The van der Waals surface area contributed by atoms with E-state index < -0.39 is 0 Å². The number of halogens is 1. The van der Waals surface area contributed by atoms with Gasteiger partial charge in [-0.25, -0.2) is 0 Å². The van der Waals surface area contributed by atoms with Gasteiger partial charge in [-0.2, -0.15) is 5.26 Å². The smallest absolute Gasteiger partial charge is 0.0624 e. The lowest BCUT2D eigenvalue weighted by molar-refractivity contribution is 0.585. The molecule has 8 heavy (non-hydrogen) atoms. The van der Waals surface area contributed by atoms with Crippen molar-refractivity contribution in [3.05, 3.63) is 0 Å². The van der Waals surface area contributed by atoms with Crippen molar-refractivity contribution >= 4 is 15.9 Å². The van der Waals surface area contributed by atoms with E-state index in [4.69, 9.17) is 5.26 Å². The van der Waals surface area contributed by atoms with E-state index in [9.17, 15) is 0 Å². The molecule has 46 valence electrons. The molecule has 0 spiro atoms. The van der Waals surface area contributed by atoms with Crippen LogP contribution >= 0.6 is 15.9 Å². The number of alkyl halides is 1. The largest absolute Gasteiger partial charge is 0.198 e. The van der Waals surface area contributed by atoms with E-state index in [0.29, 0.717) is 12.3 Å². The summed E-state index contributed by atoms with van der Waals surface area (Å²) in [5, 5.41) is 9.21. The quantitative estimate of drug-likeness (QED) is 0.605. The van der Waals surface area contributed by atoms with Gasteiger partial charge in [0.15, 0.2) is 0 Å². The van der Waals surface area contributed by atoms with Gasteiger partial charge in [-0.1, -0.05) is 22.9 Å². The van der Waals surface area contributed by atoms with E-state index in [-0.39, 0.29) is 0 Å². The van der Waals surface area contributed by atoms with Gasteiger partial charge in [0.05, 0.1) is 6.07 Å². The van der Waals surface area contributed by atoms with E-state index in [1.54, 1.807) is 0 Å². The molecule has 1 unspecified atom stereocenters. The van der Waals surface area contributed by atoms with Crippen molar-refractivity contribution in [3.63, 3.8) is 0 Å². The summed E-state index contributed by atoms with van der Waals surface area (Å²) in [5.74, 6) is 0.555. The minimum Gasteiger partial charge on any atom is -0.198 e. The van der Waals surface area contributed by atoms with Crippen molar-refractivity contribution in [2.45, 2.75) is 19.8 Å². The van der Waals surface area contributed by atoms with Crippen LogP contribution in [-0.2, 0) is 0 Å². The predicted octanol–water partition coefficient (Wildman–Crippen LogP) is 2.32. The molecule has 2 heteroatoms. The van der Waals surface area contributed by atoms with Crippen molar-refractivity contribution in [1.29, 1.82) is 5.26 Å². The molecular weight excluding hydrogens is 166 g/mol. The maximum Gasteiger partial charge on any atom is 0.0624 e. The normalized spacial score (nSPS) is 12.6. The van der Waals surface area contributed by atoms with Gasteiger partial charge in [0, 0.05) is 11.8 Å². The van der Waals surface area contributed by atoms with E-state index >= 15 is 0 Å². The molecule has 1 atom stereocenters. The van der Waals surface area contributed by atoms with Gasteiger partial charge in [-0.05, 0) is 12.3 Å². The summed E-state index contributed by atoms with van der Waals surface area (Å²) in [4.78, 5) is 0. The van der Waals surface area contributed by atoms with Crippen LogP contribution in [0.4, 0.5) is 0 Å². The highest BCUT2D eigenvalue weighted by Gasteiger charge is 1.96. The van der Waals surface area contributed by atoms with Crippen molar-refractivity contribution in [3.8, 4) is 6.07 Å². The Hall–Kier alpha value is -0.0300. The molecule has 0 rings (SSSR count). The van der Waals surface area contributed by atoms with Gasteiger partial charge < -0.3 is 0 Å². The first kappa shape index (κ1) is 7.97.